The zero-order valence-electron chi connectivity index (χ0n) is 8.35. The average molecular weight is 240 g/mol. The SMILES string of the molecule is Cc1cnc(CCC(F)(F)C(F)(F)F)cn1. The Morgan fingerprint density at radius 3 is 2.12 bits per heavy atom. The number of nitrogens with zero attached hydrogens (tertiary/aromatic N) is 2. The van der Waals surface area contributed by atoms with Gasteiger partial charge < -0.3 is 0 Å². The maximum absolute atomic E-state index is 12.5. The zero-order chi connectivity index (χ0) is 12.4. The van der Waals surface area contributed by atoms with Crippen LogP contribution in [0.4, 0.5) is 22.0 Å². The second kappa shape index (κ2) is 4.31. The van der Waals surface area contributed by atoms with Crippen molar-refractivity contribution in [1.82, 2.24) is 9.97 Å². The first kappa shape index (κ1) is 12.8. The van der Waals surface area contributed by atoms with E-state index in [-0.39, 0.29) is 5.69 Å². The largest absolute Gasteiger partial charge is 0.453 e. The van der Waals surface area contributed by atoms with Crippen LogP contribution in [0.2, 0.25) is 0 Å². The molecule has 0 aliphatic rings. The van der Waals surface area contributed by atoms with Crippen molar-refractivity contribution >= 4 is 0 Å². The van der Waals surface area contributed by atoms with E-state index in [1.807, 2.05) is 0 Å². The summed E-state index contributed by atoms with van der Waals surface area (Å²) >= 11 is 0. The van der Waals surface area contributed by atoms with Crippen molar-refractivity contribution in [3.8, 4) is 0 Å². The molecule has 1 rings (SSSR count). The van der Waals surface area contributed by atoms with Gasteiger partial charge in [0.2, 0.25) is 0 Å². The van der Waals surface area contributed by atoms with Gasteiger partial charge in [-0.2, -0.15) is 22.0 Å². The summed E-state index contributed by atoms with van der Waals surface area (Å²) in [4.78, 5) is 7.45. The summed E-state index contributed by atoms with van der Waals surface area (Å²) in [6.07, 6.45) is -4.76. The summed E-state index contributed by atoms with van der Waals surface area (Å²) in [7, 11) is 0. The average Bonchev–Trinajstić information content (AvgIpc) is 2.15. The smallest absolute Gasteiger partial charge is 0.258 e. The summed E-state index contributed by atoms with van der Waals surface area (Å²) in [5, 5.41) is 0. The molecule has 0 N–H and O–H groups in total. The molecule has 0 unspecified atom stereocenters. The standard InChI is InChI=1S/C9H9F5N2/c1-6-4-16-7(5-15-6)2-3-8(10,11)9(12,13)14/h4-5H,2-3H2,1H3. The minimum absolute atomic E-state index is 0.120. The van der Waals surface area contributed by atoms with Crippen molar-refractivity contribution in [2.24, 2.45) is 0 Å². The van der Waals surface area contributed by atoms with E-state index in [0.29, 0.717) is 5.69 Å². The normalized spacial score (nSPS) is 12.9. The van der Waals surface area contributed by atoms with Gasteiger partial charge in [-0.05, 0) is 13.3 Å². The first-order valence-corrected chi connectivity index (χ1v) is 4.44. The van der Waals surface area contributed by atoms with E-state index in [2.05, 4.69) is 9.97 Å². The Bertz CT molecular complexity index is 344. The van der Waals surface area contributed by atoms with E-state index >= 15 is 0 Å². The van der Waals surface area contributed by atoms with E-state index in [0.717, 1.165) is 0 Å². The Balaban J connectivity index is 2.61. The van der Waals surface area contributed by atoms with Crippen molar-refractivity contribution in [2.45, 2.75) is 31.9 Å². The van der Waals surface area contributed by atoms with Crippen LogP contribution in [-0.4, -0.2) is 22.1 Å². The predicted octanol–water partition coefficient (Wildman–Crippen LogP) is 2.92. The molecule has 1 aromatic heterocycles. The van der Waals surface area contributed by atoms with Crippen LogP contribution in [0.3, 0.4) is 0 Å². The molecule has 0 aromatic carbocycles. The fourth-order valence-corrected chi connectivity index (χ4v) is 0.975. The molecule has 0 amide bonds. The molecule has 0 aliphatic heterocycles. The molecule has 0 bridgehead atoms. The van der Waals surface area contributed by atoms with E-state index < -0.39 is 24.9 Å². The lowest BCUT2D eigenvalue weighted by molar-refractivity contribution is -0.284. The Morgan fingerprint density at radius 1 is 1.06 bits per heavy atom. The minimum atomic E-state index is -5.51. The van der Waals surface area contributed by atoms with Gasteiger partial charge in [0.1, 0.15) is 0 Å². The van der Waals surface area contributed by atoms with Crippen LogP contribution in [0.15, 0.2) is 12.4 Å². The van der Waals surface area contributed by atoms with Crippen molar-refractivity contribution in [2.75, 3.05) is 0 Å². The van der Waals surface area contributed by atoms with Crippen LogP contribution in [0.1, 0.15) is 17.8 Å². The van der Waals surface area contributed by atoms with Crippen LogP contribution in [-0.2, 0) is 6.42 Å². The van der Waals surface area contributed by atoms with Gasteiger partial charge >= 0.3 is 12.1 Å². The first-order chi connectivity index (χ1) is 7.22. The lowest BCUT2D eigenvalue weighted by atomic mass is 10.1. The number of hydrogen-bond donors (Lipinski definition) is 0. The van der Waals surface area contributed by atoms with Crippen LogP contribution in [0.25, 0.3) is 0 Å². The number of hydrogen-bond acceptors (Lipinski definition) is 2. The number of rotatable bonds is 3. The summed E-state index contributed by atoms with van der Waals surface area (Å²) in [6, 6.07) is 0. The van der Waals surface area contributed by atoms with Crippen molar-refractivity contribution in [1.29, 1.82) is 0 Å². The number of alkyl halides is 5. The summed E-state index contributed by atoms with van der Waals surface area (Å²) < 4.78 is 60.5. The molecule has 1 aromatic rings. The third kappa shape index (κ3) is 3.11. The molecule has 16 heavy (non-hydrogen) atoms. The molecule has 0 fully saturated rings. The molecule has 1 heterocycles. The van der Waals surface area contributed by atoms with Crippen LogP contribution >= 0.6 is 0 Å². The molecule has 0 saturated heterocycles. The first-order valence-electron chi connectivity index (χ1n) is 4.44. The van der Waals surface area contributed by atoms with Gasteiger partial charge in [0.15, 0.2) is 0 Å². The molecule has 0 radical (unpaired) electrons. The number of aromatic nitrogens is 2. The quantitative estimate of drug-likeness (QED) is 0.759. The monoisotopic (exact) mass is 240 g/mol. The number of aryl methyl sites for hydroxylation is 2. The zero-order valence-corrected chi connectivity index (χ0v) is 8.35. The van der Waals surface area contributed by atoms with Gasteiger partial charge in [0, 0.05) is 18.8 Å². The van der Waals surface area contributed by atoms with Crippen LogP contribution in [0, 0.1) is 6.92 Å². The van der Waals surface area contributed by atoms with Gasteiger partial charge in [-0.25, -0.2) is 0 Å². The lowest BCUT2D eigenvalue weighted by Crippen LogP contribution is -2.36. The second-order valence-corrected chi connectivity index (χ2v) is 3.35. The van der Waals surface area contributed by atoms with Crippen molar-refractivity contribution < 1.29 is 22.0 Å². The van der Waals surface area contributed by atoms with Crippen molar-refractivity contribution in [3.05, 3.63) is 23.8 Å². The molecule has 0 atom stereocenters. The third-order valence-corrected chi connectivity index (χ3v) is 1.94. The molecule has 2 nitrogen and oxygen atoms in total. The number of halogens is 5. The van der Waals surface area contributed by atoms with E-state index in [1.54, 1.807) is 6.92 Å². The van der Waals surface area contributed by atoms with E-state index in [9.17, 15) is 22.0 Å². The summed E-state index contributed by atoms with van der Waals surface area (Å²) in [5.41, 5.74) is 0.695. The summed E-state index contributed by atoms with van der Waals surface area (Å²) in [5.74, 6) is -4.68. The van der Waals surface area contributed by atoms with Crippen molar-refractivity contribution in [3.63, 3.8) is 0 Å². The predicted molar refractivity (Wildman–Crippen MR) is 46.1 cm³/mol. The molecule has 0 aliphatic carbocycles. The van der Waals surface area contributed by atoms with Crippen LogP contribution in [0.5, 0.6) is 0 Å². The highest BCUT2D eigenvalue weighted by Crippen LogP contribution is 2.38. The minimum Gasteiger partial charge on any atom is -0.258 e. The van der Waals surface area contributed by atoms with Gasteiger partial charge in [0.25, 0.3) is 0 Å². The molecule has 90 valence electrons. The van der Waals surface area contributed by atoms with Gasteiger partial charge in [-0.15, -0.1) is 0 Å². The second-order valence-electron chi connectivity index (χ2n) is 3.35. The maximum Gasteiger partial charge on any atom is 0.453 e. The topological polar surface area (TPSA) is 25.8 Å². The highest BCUT2D eigenvalue weighted by atomic mass is 19.4. The maximum atomic E-state index is 12.5. The third-order valence-electron chi connectivity index (χ3n) is 1.94. The van der Waals surface area contributed by atoms with E-state index in [1.165, 1.54) is 12.4 Å². The van der Waals surface area contributed by atoms with Gasteiger partial charge in [-0.1, -0.05) is 0 Å². The molecule has 0 saturated carbocycles. The molecule has 0 spiro atoms. The van der Waals surface area contributed by atoms with Crippen LogP contribution < -0.4 is 0 Å². The Kier molecular flexibility index (Phi) is 3.44. The molecule has 7 heteroatoms. The van der Waals surface area contributed by atoms with Gasteiger partial charge in [-0.3, -0.25) is 9.97 Å². The van der Waals surface area contributed by atoms with Gasteiger partial charge in [0.05, 0.1) is 11.4 Å². The molecular weight excluding hydrogens is 231 g/mol. The lowest BCUT2D eigenvalue weighted by Gasteiger charge is -2.18. The fraction of sp³-hybridized carbons (Fsp3) is 0.556. The Hall–Kier alpha value is -1.27. The summed E-state index contributed by atoms with van der Waals surface area (Å²) in [6.45, 7) is 1.64. The Morgan fingerprint density at radius 2 is 1.69 bits per heavy atom. The fourth-order valence-electron chi connectivity index (χ4n) is 0.975. The van der Waals surface area contributed by atoms with E-state index in [4.69, 9.17) is 0 Å². The Labute approximate surface area is 88.5 Å². The highest BCUT2D eigenvalue weighted by molar-refractivity contribution is 5.01. The highest BCUT2D eigenvalue weighted by Gasteiger charge is 2.56. The molecular formula is C9H9F5N2.